The van der Waals surface area contributed by atoms with Crippen molar-refractivity contribution in [2.24, 2.45) is 5.92 Å². The minimum Gasteiger partial charge on any atom is -0.315 e. The predicted molar refractivity (Wildman–Crippen MR) is 47.8 cm³/mol. The SMILES string of the molecule is O=S(=O)(CC1CC1)[C@H]1CCNC1. The molecule has 1 N–H and O–H groups in total. The van der Waals surface area contributed by atoms with Crippen LogP contribution in [0.1, 0.15) is 19.3 Å². The summed E-state index contributed by atoms with van der Waals surface area (Å²) in [6.45, 7) is 1.55. The minimum absolute atomic E-state index is 0.0851. The average Bonchev–Trinajstić information content (AvgIpc) is 2.67. The maximum Gasteiger partial charge on any atom is 0.154 e. The molecular formula is C8H15NO2S. The van der Waals surface area contributed by atoms with E-state index in [2.05, 4.69) is 5.32 Å². The normalized spacial score (nSPS) is 30.8. The van der Waals surface area contributed by atoms with Crippen LogP contribution in [-0.2, 0) is 9.84 Å². The summed E-state index contributed by atoms with van der Waals surface area (Å²) in [6.07, 6.45) is 3.06. The van der Waals surface area contributed by atoms with Crippen molar-refractivity contribution < 1.29 is 8.42 Å². The van der Waals surface area contributed by atoms with Gasteiger partial charge in [-0.05, 0) is 31.7 Å². The molecule has 2 aliphatic rings. The van der Waals surface area contributed by atoms with Crippen LogP contribution in [0.3, 0.4) is 0 Å². The summed E-state index contributed by atoms with van der Waals surface area (Å²) in [6, 6.07) is 0. The van der Waals surface area contributed by atoms with Crippen LogP contribution in [0.2, 0.25) is 0 Å². The predicted octanol–water partition coefficient (Wildman–Crippen LogP) is 0.173. The lowest BCUT2D eigenvalue weighted by Crippen LogP contribution is -2.26. The van der Waals surface area contributed by atoms with Gasteiger partial charge in [0, 0.05) is 6.54 Å². The lowest BCUT2D eigenvalue weighted by Gasteiger charge is -2.08. The molecule has 12 heavy (non-hydrogen) atoms. The van der Waals surface area contributed by atoms with Crippen LogP contribution in [0.25, 0.3) is 0 Å². The molecule has 2 fully saturated rings. The van der Waals surface area contributed by atoms with Gasteiger partial charge in [-0.25, -0.2) is 8.42 Å². The number of rotatable bonds is 3. The molecule has 1 aliphatic carbocycles. The third-order valence-electron chi connectivity index (χ3n) is 2.69. The Hall–Kier alpha value is -0.0900. The van der Waals surface area contributed by atoms with Crippen LogP contribution < -0.4 is 5.32 Å². The second kappa shape index (κ2) is 3.00. The number of sulfone groups is 1. The lowest BCUT2D eigenvalue weighted by molar-refractivity contribution is 0.579. The first-order valence-corrected chi connectivity index (χ1v) is 6.32. The average molecular weight is 189 g/mol. The maximum atomic E-state index is 11.6. The van der Waals surface area contributed by atoms with Gasteiger partial charge in [-0.2, -0.15) is 0 Å². The minimum atomic E-state index is -2.76. The van der Waals surface area contributed by atoms with Crippen LogP contribution in [0, 0.1) is 5.92 Å². The van der Waals surface area contributed by atoms with Gasteiger partial charge in [-0.3, -0.25) is 0 Å². The Kier molecular flexibility index (Phi) is 2.12. The fourth-order valence-corrected chi connectivity index (χ4v) is 3.80. The number of hydrogen-bond donors (Lipinski definition) is 1. The van der Waals surface area contributed by atoms with Gasteiger partial charge in [0.05, 0.1) is 11.0 Å². The highest BCUT2D eigenvalue weighted by Crippen LogP contribution is 2.31. The smallest absolute Gasteiger partial charge is 0.154 e. The van der Waals surface area contributed by atoms with E-state index in [0.717, 1.165) is 25.8 Å². The van der Waals surface area contributed by atoms with Gasteiger partial charge < -0.3 is 5.32 Å². The molecule has 1 saturated heterocycles. The molecular weight excluding hydrogens is 174 g/mol. The van der Waals surface area contributed by atoms with Gasteiger partial charge in [-0.1, -0.05) is 0 Å². The zero-order chi connectivity index (χ0) is 8.60. The van der Waals surface area contributed by atoms with Crippen LogP contribution in [0.5, 0.6) is 0 Å². The second-order valence-corrected chi connectivity index (χ2v) is 6.21. The van der Waals surface area contributed by atoms with Crippen LogP contribution in [-0.4, -0.2) is 32.5 Å². The number of hydrogen-bond acceptors (Lipinski definition) is 3. The highest BCUT2D eigenvalue weighted by Gasteiger charge is 2.34. The number of nitrogens with one attached hydrogen (secondary N) is 1. The van der Waals surface area contributed by atoms with Gasteiger partial charge in [0.2, 0.25) is 0 Å². The van der Waals surface area contributed by atoms with E-state index < -0.39 is 9.84 Å². The zero-order valence-corrected chi connectivity index (χ0v) is 7.94. The Balaban J connectivity index is 1.97. The first-order valence-electron chi connectivity index (χ1n) is 4.61. The molecule has 1 aliphatic heterocycles. The van der Waals surface area contributed by atoms with Crippen molar-refractivity contribution >= 4 is 9.84 Å². The maximum absolute atomic E-state index is 11.6. The molecule has 0 unspecified atom stereocenters. The second-order valence-electron chi connectivity index (χ2n) is 3.89. The van der Waals surface area contributed by atoms with Crippen LogP contribution in [0.4, 0.5) is 0 Å². The molecule has 0 aromatic heterocycles. The summed E-state index contributed by atoms with van der Waals surface area (Å²) in [5.74, 6) is 0.940. The monoisotopic (exact) mass is 189 g/mol. The molecule has 0 aromatic carbocycles. The van der Waals surface area contributed by atoms with Crippen molar-refractivity contribution in [2.75, 3.05) is 18.8 Å². The molecule has 0 aromatic rings. The van der Waals surface area contributed by atoms with E-state index in [1.54, 1.807) is 0 Å². The van der Waals surface area contributed by atoms with E-state index in [0.29, 0.717) is 18.2 Å². The van der Waals surface area contributed by atoms with E-state index in [1.165, 1.54) is 0 Å². The Bertz CT molecular complexity index is 250. The van der Waals surface area contributed by atoms with Gasteiger partial charge in [0.15, 0.2) is 9.84 Å². The Morgan fingerprint density at radius 1 is 1.25 bits per heavy atom. The first kappa shape index (κ1) is 8.51. The van der Waals surface area contributed by atoms with Gasteiger partial charge in [-0.15, -0.1) is 0 Å². The van der Waals surface area contributed by atoms with Crippen LogP contribution in [0.15, 0.2) is 0 Å². The summed E-state index contributed by atoms with van der Waals surface area (Å²) >= 11 is 0. The standard InChI is InChI=1S/C8H15NO2S/c10-12(11,6-7-1-2-7)8-3-4-9-5-8/h7-9H,1-6H2/t8-/m0/s1. The highest BCUT2D eigenvalue weighted by atomic mass is 32.2. The summed E-state index contributed by atoms with van der Waals surface area (Å²) in [5, 5.41) is 3.01. The molecule has 2 rings (SSSR count). The molecule has 0 spiro atoms. The fourth-order valence-electron chi connectivity index (χ4n) is 1.68. The summed E-state index contributed by atoms with van der Waals surface area (Å²) in [7, 11) is -2.76. The first-order chi connectivity index (χ1) is 5.68. The van der Waals surface area contributed by atoms with Crippen molar-refractivity contribution in [3.8, 4) is 0 Å². The van der Waals surface area contributed by atoms with E-state index in [4.69, 9.17) is 0 Å². The Labute approximate surface area is 73.5 Å². The zero-order valence-electron chi connectivity index (χ0n) is 7.12. The molecule has 70 valence electrons. The largest absolute Gasteiger partial charge is 0.315 e. The molecule has 0 bridgehead atoms. The van der Waals surface area contributed by atoms with Crippen molar-refractivity contribution in [3.05, 3.63) is 0 Å². The van der Waals surface area contributed by atoms with Crippen molar-refractivity contribution in [1.82, 2.24) is 5.32 Å². The van der Waals surface area contributed by atoms with E-state index in [1.807, 2.05) is 0 Å². The quantitative estimate of drug-likeness (QED) is 0.688. The summed E-state index contributed by atoms with van der Waals surface area (Å²) in [5.41, 5.74) is 0. The fraction of sp³-hybridized carbons (Fsp3) is 1.00. The van der Waals surface area contributed by atoms with Crippen molar-refractivity contribution in [1.29, 1.82) is 0 Å². The summed E-state index contributed by atoms with van der Waals surface area (Å²) < 4.78 is 23.3. The Morgan fingerprint density at radius 3 is 2.50 bits per heavy atom. The van der Waals surface area contributed by atoms with Gasteiger partial charge in [0.25, 0.3) is 0 Å². The molecule has 0 radical (unpaired) electrons. The summed E-state index contributed by atoms with van der Waals surface area (Å²) in [4.78, 5) is 0. The van der Waals surface area contributed by atoms with Gasteiger partial charge in [0.1, 0.15) is 0 Å². The third kappa shape index (κ3) is 1.80. The molecule has 4 heteroatoms. The van der Waals surface area contributed by atoms with E-state index in [9.17, 15) is 8.42 Å². The lowest BCUT2D eigenvalue weighted by atomic mass is 10.4. The van der Waals surface area contributed by atoms with Crippen molar-refractivity contribution in [3.63, 3.8) is 0 Å². The molecule has 1 saturated carbocycles. The van der Waals surface area contributed by atoms with Crippen LogP contribution >= 0.6 is 0 Å². The van der Waals surface area contributed by atoms with Crippen molar-refractivity contribution in [2.45, 2.75) is 24.5 Å². The molecule has 0 amide bonds. The van der Waals surface area contributed by atoms with E-state index >= 15 is 0 Å². The molecule has 3 nitrogen and oxygen atoms in total. The highest BCUT2D eigenvalue weighted by molar-refractivity contribution is 7.92. The topological polar surface area (TPSA) is 46.2 Å². The Morgan fingerprint density at radius 2 is 2.00 bits per heavy atom. The van der Waals surface area contributed by atoms with Gasteiger partial charge >= 0.3 is 0 Å². The molecule has 1 heterocycles. The third-order valence-corrected chi connectivity index (χ3v) is 5.04. The van der Waals surface area contributed by atoms with E-state index in [-0.39, 0.29) is 5.25 Å². The molecule has 1 atom stereocenters.